The minimum Gasteiger partial charge on any atom is -0.162 e. The first kappa shape index (κ1) is 29.2. The molecule has 0 bridgehead atoms. The van der Waals surface area contributed by atoms with E-state index in [1.54, 1.807) is 0 Å². The first-order valence-electron chi connectivity index (χ1n) is 1.71. The average Bonchev–Trinajstić information content (AvgIpc) is 1.92. The quantitative estimate of drug-likeness (QED) is 0.310. The van der Waals surface area contributed by atoms with Crippen molar-refractivity contribution in [3.8, 4) is 0 Å². The molecule has 4 unspecified atom stereocenters. The lowest BCUT2D eigenvalue weighted by Crippen LogP contribution is -1.03. The molecule has 13 heavy (non-hydrogen) atoms. The predicted molar refractivity (Wildman–Crippen MR) is 54.8 cm³/mol. The van der Waals surface area contributed by atoms with Crippen LogP contribution >= 0.6 is 34.7 Å². The molecule has 0 saturated heterocycles. The van der Waals surface area contributed by atoms with E-state index in [1.807, 2.05) is 0 Å². The molecule has 0 heterocycles. The summed E-state index contributed by atoms with van der Waals surface area (Å²) >= 11 is 0. The molecule has 0 aromatic rings. The van der Waals surface area contributed by atoms with Crippen molar-refractivity contribution in [1.82, 2.24) is 0 Å². The van der Waals surface area contributed by atoms with Gasteiger partial charge in [-0.15, -0.1) is 0 Å². The van der Waals surface area contributed by atoms with Crippen molar-refractivity contribution in [2.45, 2.75) is 0 Å². The zero-order chi connectivity index (χ0) is 10.8. The molecule has 78 valence electrons. The van der Waals surface area contributed by atoms with Gasteiger partial charge in [0.25, 0.3) is 0 Å². The molecule has 4 atom stereocenters. The minimum absolute atomic E-state index is 0. The Morgan fingerprint density at radius 2 is 0.538 bits per heavy atom. The molecule has 0 fully saturated rings. The van der Waals surface area contributed by atoms with E-state index < -0.39 is 34.7 Å². The van der Waals surface area contributed by atoms with E-state index in [4.69, 9.17) is 37.8 Å². The summed E-state index contributed by atoms with van der Waals surface area (Å²) < 4.78 is 34.1. The van der Waals surface area contributed by atoms with Gasteiger partial charge in [-0.1, -0.05) is 0 Å². The Hall–Kier alpha value is 0.772. The molecule has 0 aliphatic carbocycles. The van der Waals surface area contributed by atoms with E-state index in [0.29, 0.717) is 0 Å². The zero-order valence-electron chi connectivity index (χ0n) is 5.42. The van der Waals surface area contributed by atoms with Gasteiger partial charge in [0.2, 0.25) is 0 Å². The summed E-state index contributed by atoms with van der Waals surface area (Å²) in [5.41, 5.74) is 0. The first-order chi connectivity index (χ1) is 5.66. The lowest BCUT2D eigenvalue weighted by atomic mass is 15.9. The van der Waals surface area contributed by atoms with Crippen molar-refractivity contribution in [1.29, 1.82) is 0 Å². The predicted octanol–water partition coefficient (Wildman–Crippen LogP) is -1.51. The van der Waals surface area contributed by atoms with Crippen molar-refractivity contribution >= 4 is 52.1 Å². The molecule has 0 aliphatic rings. The van der Waals surface area contributed by atoms with Crippen LogP contribution in [-0.4, -0.2) is 36.9 Å². The van der Waals surface area contributed by atoms with E-state index >= 15 is 0 Å². The second-order valence-electron chi connectivity index (χ2n) is 0.365. The van der Waals surface area contributed by atoms with Crippen LogP contribution in [0.15, 0.2) is 0 Å². The van der Waals surface area contributed by atoms with Gasteiger partial charge in [0, 0.05) is 0 Å². The normalized spacial score (nSPS) is 6.46. The number of hydrogen-bond acceptors (Lipinski definition) is 4. The van der Waals surface area contributed by atoms with Crippen LogP contribution in [0.3, 0.4) is 0 Å². The summed E-state index contributed by atoms with van der Waals surface area (Å²) in [6.45, 7) is 0. The van der Waals surface area contributed by atoms with Crippen LogP contribution in [0.5, 0.6) is 0 Å². The topological polar surface area (TPSA) is 149 Å². The van der Waals surface area contributed by atoms with Gasteiger partial charge in [-0.25, -0.2) is 0 Å². The molecular formula is H11AlO8P4+4. The smallest absolute Gasteiger partial charge is 0.162 e. The molecule has 0 radical (unpaired) electrons. The molecule has 13 heteroatoms. The highest BCUT2D eigenvalue weighted by Gasteiger charge is 1.46. The van der Waals surface area contributed by atoms with E-state index in [1.165, 1.54) is 0 Å². The van der Waals surface area contributed by atoms with Gasteiger partial charge < -0.3 is 0 Å². The summed E-state index contributed by atoms with van der Waals surface area (Å²) in [5.74, 6) is 0. The fourth-order valence-electron chi connectivity index (χ4n) is 0. The molecule has 0 aliphatic heterocycles. The Labute approximate surface area is 90.3 Å². The zero-order valence-corrected chi connectivity index (χ0v) is 9.42. The molecule has 4 N–H and O–H groups in total. The Kier molecular flexibility index (Phi) is 175. The largest absolute Gasteiger partial charge is 0.491 e. The highest BCUT2D eigenvalue weighted by atomic mass is 31.1. The standard InChI is InChI=1S/Al.4HO2P.3H/c;4*1-3-2;;;/h;4*3H;;;/p+4. The average molecular weight is 290 g/mol. The van der Waals surface area contributed by atoms with Crippen LogP contribution in [-0.2, 0) is 18.3 Å². The summed E-state index contributed by atoms with van der Waals surface area (Å²) in [7, 11) is -4.67. The van der Waals surface area contributed by atoms with Crippen LogP contribution in [0.25, 0.3) is 0 Å². The maximum absolute atomic E-state index is 8.51. The van der Waals surface area contributed by atoms with E-state index in [-0.39, 0.29) is 17.4 Å². The van der Waals surface area contributed by atoms with Crippen LogP contribution in [0.1, 0.15) is 0 Å². The SMILES string of the molecule is O=[PH+]O.O=[PH+]O.O=[PH+]O.O=[PH+]O.[AlH3]. The second kappa shape index (κ2) is 77.7. The third kappa shape index (κ3) is 2480. The van der Waals surface area contributed by atoms with Crippen LogP contribution in [0.4, 0.5) is 0 Å². The molecule has 0 aromatic heterocycles. The second-order valence-corrected chi connectivity index (χ2v) is 1.10. The van der Waals surface area contributed by atoms with Crippen LogP contribution < -0.4 is 0 Å². The third-order valence-corrected chi connectivity index (χ3v) is 0. The van der Waals surface area contributed by atoms with Gasteiger partial charge in [-0.2, -0.15) is 19.6 Å². The summed E-state index contributed by atoms with van der Waals surface area (Å²) in [6.07, 6.45) is 0. The maximum atomic E-state index is 8.51. The van der Waals surface area contributed by atoms with Crippen molar-refractivity contribution in [2.24, 2.45) is 0 Å². The Morgan fingerprint density at radius 3 is 0.538 bits per heavy atom. The Bertz CT molecular complexity index is 70.1. The van der Waals surface area contributed by atoms with E-state index in [9.17, 15) is 0 Å². The lowest BCUT2D eigenvalue weighted by Gasteiger charge is -1.08. The molecule has 0 rings (SSSR count). The fourth-order valence-corrected chi connectivity index (χ4v) is 0. The van der Waals surface area contributed by atoms with E-state index in [2.05, 4.69) is 0 Å². The lowest BCUT2D eigenvalue weighted by molar-refractivity contribution is 0.523. The molecule has 8 nitrogen and oxygen atoms in total. The van der Waals surface area contributed by atoms with Crippen molar-refractivity contribution in [3.63, 3.8) is 0 Å². The highest BCUT2D eigenvalue weighted by molar-refractivity contribution is 7.16. The fraction of sp³-hybridized carbons (Fsp3) is 0. The third-order valence-electron chi connectivity index (χ3n) is 0. The van der Waals surface area contributed by atoms with E-state index in [0.717, 1.165) is 0 Å². The van der Waals surface area contributed by atoms with Gasteiger partial charge in [-0.3, -0.25) is 0 Å². The van der Waals surface area contributed by atoms with Crippen molar-refractivity contribution in [3.05, 3.63) is 0 Å². The van der Waals surface area contributed by atoms with Gasteiger partial charge in [0.05, 0.1) is 0 Å². The van der Waals surface area contributed by atoms with Gasteiger partial charge >= 0.3 is 34.7 Å². The van der Waals surface area contributed by atoms with Crippen LogP contribution in [0, 0.1) is 0 Å². The molecule has 0 aromatic carbocycles. The van der Waals surface area contributed by atoms with Gasteiger partial charge in [0.1, 0.15) is 0 Å². The van der Waals surface area contributed by atoms with Gasteiger partial charge in [-0.05, 0) is 18.3 Å². The van der Waals surface area contributed by atoms with Crippen LogP contribution in [0.2, 0.25) is 0 Å². The first-order valence-corrected chi connectivity index (χ1v) is 5.13. The monoisotopic (exact) mass is 290 g/mol. The minimum atomic E-state index is -1.17. The van der Waals surface area contributed by atoms with Crippen molar-refractivity contribution in [2.75, 3.05) is 0 Å². The molecular weight excluding hydrogens is 279 g/mol. The number of hydrogen-bond donors (Lipinski definition) is 4. The highest BCUT2D eigenvalue weighted by Crippen LogP contribution is 1.66. The summed E-state index contributed by atoms with van der Waals surface area (Å²) in [6, 6.07) is 0. The number of rotatable bonds is 0. The molecule has 0 amide bonds. The summed E-state index contributed by atoms with van der Waals surface area (Å²) in [5, 5.41) is 0. The van der Waals surface area contributed by atoms with Crippen molar-refractivity contribution < 1.29 is 37.8 Å². The maximum Gasteiger partial charge on any atom is 0.491 e. The summed E-state index contributed by atoms with van der Waals surface area (Å²) in [4.78, 5) is 28.2. The molecule has 0 saturated carbocycles. The van der Waals surface area contributed by atoms with Gasteiger partial charge in [0.15, 0.2) is 17.4 Å². The Balaban J connectivity index is -0.0000000213. The molecule has 0 spiro atoms. The Morgan fingerprint density at radius 1 is 0.538 bits per heavy atom.